The van der Waals surface area contributed by atoms with Crippen LogP contribution >= 0.6 is 0 Å². The molecule has 0 aliphatic heterocycles. The summed E-state index contributed by atoms with van der Waals surface area (Å²) < 4.78 is 2.77. The van der Waals surface area contributed by atoms with Crippen LogP contribution in [-0.2, 0) is 0 Å². The molecular weight excluding hydrogens is 214 g/mol. The molecule has 0 amide bonds. The van der Waals surface area contributed by atoms with Gasteiger partial charge >= 0.3 is 0 Å². The normalized spacial score (nSPS) is 16.5. The van der Waals surface area contributed by atoms with Crippen molar-refractivity contribution >= 4 is 16.5 Å². The van der Waals surface area contributed by atoms with Crippen molar-refractivity contribution < 1.29 is 0 Å². The molecule has 0 atom stereocenters. The molecule has 3 heteroatoms. The maximum Gasteiger partial charge on any atom is 0.138 e. The van der Waals surface area contributed by atoms with Crippen LogP contribution in [0.25, 0.3) is 0 Å². The lowest BCUT2D eigenvalue weighted by Gasteiger charge is -2.47. The fraction of sp³-hybridized carbons (Fsp3) is 0.583. The fourth-order valence-electron chi connectivity index (χ4n) is 2.48. The molecule has 84 valence electrons. The summed E-state index contributed by atoms with van der Waals surface area (Å²) in [5.41, 5.74) is 4.66. The first-order valence-electron chi connectivity index (χ1n) is 5.63. The van der Waals surface area contributed by atoms with Gasteiger partial charge in [-0.25, -0.2) is 0 Å². The Morgan fingerprint density at radius 1 is 1.07 bits per heavy atom. The Kier molecular flexibility index (Phi) is 3.49. The number of rotatable bonds is 3. The van der Waals surface area contributed by atoms with Gasteiger partial charge in [0.05, 0.1) is 0 Å². The number of allylic oxidation sites excluding steroid dienone is 2. The summed E-state index contributed by atoms with van der Waals surface area (Å²) in [5, 5.41) is 0. The van der Waals surface area contributed by atoms with Crippen molar-refractivity contribution in [3.8, 4) is 0 Å². The Hall–Kier alpha value is -0.506. The highest BCUT2D eigenvalue weighted by Crippen LogP contribution is 2.27. The van der Waals surface area contributed by atoms with Crippen molar-refractivity contribution in [1.29, 1.82) is 0 Å². The van der Waals surface area contributed by atoms with E-state index in [0.717, 1.165) is 6.42 Å². The molecule has 0 fully saturated rings. The van der Waals surface area contributed by atoms with Crippen LogP contribution in [0.1, 0.15) is 6.42 Å². The van der Waals surface area contributed by atoms with Gasteiger partial charge in [0.25, 0.3) is 0 Å². The molecule has 0 saturated carbocycles. The van der Waals surface area contributed by atoms with E-state index in [2.05, 4.69) is 61.4 Å². The van der Waals surface area contributed by atoms with Crippen LogP contribution in [-0.4, -0.2) is 20.7 Å². The Morgan fingerprint density at radius 3 is 1.93 bits per heavy atom. The molecule has 0 heterocycles. The van der Waals surface area contributed by atoms with E-state index in [1.54, 1.807) is 0 Å². The van der Waals surface area contributed by atoms with Crippen LogP contribution in [0, 0.1) is 0 Å². The molecule has 0 saturated heterocycles. The minimum atomic E-state index is -1.25. The minimum absolute atomic E-state index is 1.06. The first-order chi connectivity index (χ1) is 6.73. The van der Waals surface area contributed by atoms with E-state index in [-0.39, 0.29) is 0 Å². The lowest BCUT2D eigenvalue weighted by Crippen LogP contribution is -2.58. The highest BCUT2D eigenvalue weighted by molar-refractivity contribution is 6.90. The molecule has 0 unspecified atom stereocenters. The average Bonchev–Trinajstić information content (AvgIpc) is 2.00. The molecule has 0 aromatic heterocycles. The summed E-state index contributed by atoms with van der Waals surface area (Å²) in [6, 6.07) is 0. The Balaban J connectivity index is 3.04. The molecule has 0 bridgehead atoms. The van der Waals surface area contributed by atoms with Crippen LogP contribution in [0.2, 0.25) is 39.3 Å². The van der Waals surface area contributed by atoms with Crippen LogP contribution in [0.4, 0.5) is 0 Å². The largest absolute Gasteiger partial charge is 0.428 e. The standard InChI is InChI=1S/C12H23NSi2/c1-14(2,3)13(15(4,5)6)12-10-8-7-9-11-12/h8-10H,11H2,1-6H3. The van der Waals surface area contributed by atoms with Crippen molar-refractivity contribution in [3.63, 3.8) is 0 Å². The minimum Gasteiger partial charge on any atom is -0.428 e. The quantitative estimate of drug-likeness (QED) is 0.530. The molecule has 15 heavy (non-hydrogen) atoms. The highest BCUT2D eigenvalue weighted by Gasteiger charge is 2.35. The van der Waals surface area contributed by atoms with Gasteiger partial charge in [-0.3, -0.25) is 0 Å². The lowest BCUT2D eigenvalue weighted by atomic mass is 10.2. The third kappa shape index (κ3) is 3.23. The first-order valence-corrected chi connectivity index (χ1v) is 12.5. The predicted molar refractivity (Wildman–Crippen MR) is 73.9 cm³/mol. The monoisotopic (exact) mass is 237 g/mol. The molecule has 0 radical (unpaired) electrons. The summed E-state index contributed by atoms with van der Waals surface area (Å²) in [6.07, 6.45) is 7.50. The van der Waals surface area contributed by atoms with Gasteiger partial charge in [-0.15, -0.1) is 5.73 Å². The highest BCUT2D eigenvalue weighted by atomic mass is 28.4. The van der Waals surface area contributed by atoms with E-state index in [4.69, 9.17) is 0 Å². The SMILES string of the molecule is C[Si](C)(C)N(C1=CC=C=CC1)[Si](C)(C)C. The van der Waals surface area contributed by atoms with E-state index < -0.39 is 16.5 Å². The molecule has 1 aliphatic rings. The molecule has 1 aliphatic carbocycles. The molecule has 1 nitrogen and oxygen atoms in total. The topological polar surface area (TPSA) is 3.24 Å². The van der Waals surface area contributed by atoms with Crippen molar-refractivity contribution in [2.24, 2.45) is 0 Å². The van der Waals surface area contributed by atoms with Crippen LogP contribution in [0.3, 0.4) is 0 Å². The summed E-state index contributed by atoms with van der Waals surface area (Å²) >= 11 is 0. The third-order valence-electron chi connectivity index (χ3n) is 2.43. The van der Waals surface area contributed by atoms with Gasteiger partial charge in [-0.2, -0.15) is 0 Å². The number of hydrogen-bond donors (Lipinski definition) is 0. The predicted octanol–water partition coefficient (Wildman–Crippen LogP) is 3.96. The van der Waals surface area contributed by atoms with Gasteiger partial charge in [0.15, 0.2) is 0 Å². The fourth-order valence-corrected chi connectivity index (χ4v) is 12.6. The molecular formula is C12H23NSi2. The van der Waals surface area contributed by atoms with Gasteiger partial charge in [-0.1, -0.05) is 39.3 Å². The Bertz CT molecular complexity index is 309. The number of hydrogen-bond acceptors (Lipinski definition) is 1. The molecule has 0 N–H and O–H groups in total. The zero-order valence-electron chi connectivity index (χ0n) is 10.9. The van der Waals surface area contributed by atoms with Gasteiger partial charge in [-0.05, 0) is 18.2 Å². The summed E-state index contributed by atoms with van der Waals surface area (Å²) in [5.74, 6) is 0. The average molecular weight is 237 g/mol. The van der Waals surface area contributed by atoms with E-state index in [1.807, 2.05) is 6.08 Å². The van der Waals surface area contributed by atoms with Gasteiger partial charge in [0.2, 0.25) is 0 Å². The van der Waals surface area contributed by atoms with E-state index >= 15 is 0 Å². The molecule has 0 aromatic rings. The van der Waals surface area contributed by atoms with Crippen molar-refractivity contribution in [3.05, 3.63) is 29.7 Å². The maximum absolute atomic E-state index is 3.15. The van der Waals surface area contributed by atoms with Crippen LogP contribution < -0.4 is 0 Å². The van der Waals surface area contributed by atoms with E-state index in [9.17, 15) is 0 Å². The zero-order valence-corrected chi connectivity index (χ0v) is 12.9. The summed E-state index contributed by atoms with van der Waals surface area (Å²) in [7, 11) is -2.50. The first kappa shape index (κ1) is 12.6. The summed E-state index contributed by atoms with van der Waals surface area (Å²) in [4.78, 5) is 0. The van der Waals surface area contributed by atoms with Crippen molar-refractivity contribution in [2.75, 3.05) is 0 Å². The van der Waals surface area contributed by atoms with Crippen LogP contribution in [0.5, 0.6) is 0 Å². The third-order valence-corrected chi connectivity index (χ3v) is 9.71. The second-order valence-corrected chi connectivity index (χ2v) is 16.1. The molecule has 0 spiro atoms. The maximum atomic E-state index is 3.15. The smallest absolute Gasteiger partial charge is 0.138 e. The summed E-state index contributed by atoms with van der Waals surface area (Å²) in [6.45, 7) is 14.6. The van der Waals surface area contributed by atoms with Crippen molar-refractivity contribution in [2.45, 2.75) is 45.7 Å². The van der Waals surface area contributed by atoms with Gasteiger partial charge in [0, 0.05) is 12.1 Å². The van der Waals surface area contributed by atoms with Crippen LogP contribution in [0.15, 0.2) is 29.7 Å². The second-order valence-electron chi connectivity index (χ2n) is 6.08. The lowest BCUT2D eigenvalue weighted by molar-refractivity contribution is 0.728. The molecule has 1 rings (SSSR count). The van der Waals surface area contributed by atoms with Crippen molar-refractivity contribution in [1.82, 2.24) is 4.23 Å². The number of nitrogens with zero attached hydrogens (tertiary/aromatic N) is 1. The Morgan fingerprint density at radius 2 is 1.60 bits per heavy atom. The zero-order chi connectivity index (χ0) is 11.7. The van der Waals surface area contributed by atoms with E-state index in [0.29, 0.717) is 0 Å². The molecule has 0 aromatic carbocycles. The van der Waals surface area contributed by atoms with Gasteiger partial charge in [0.1, 0.15) is 16.5 Å². The second kappa shape index (κ2) is 4.16. The Labute approximate surface area is 96.4 Å². The van der Waals surface area contributed by atoms with Gasteiger partial charge < -0.3 is 4.23 Å². The van der Waals surface area contributed by atoms with E-state index in [1.165, 1.54) is 5.70 Å².